The van der Waals surface area contributed by atoms with Crippen molar-refractivity contribution in [1.82, 2.24) is 10.2 Å². The second-order valence-electron chi connectivity index (χ2n) is 12.7. The molecule has 5 aliphatic rings. The Kier molecular flexibility index (Phi) is 6.93. The molecule has 9 nitrogen and oxygen atoms in total. The summed E-state index contributed by atoms with van der Waals surface area (Å²) in [5, 5.41) is 6.77. The number of anilines is 1. The Morgan fingerprint density at radius 1 is 1.07 bits per heavy atom. The minimum Gasteiger partial charge on any atom is -0.454 e. The Morgan fingerprint density at radius 2 is 1.88 bits per heavy atom. The van der Waals surface area contributed by atoms with E-state index in [2.05, 4.69) is 24.5 Å². The van der Waals surface area contributed by atoms with Crippen LogP contribution in [-0.4, -0.2) is 53.2 Å². The quantitative estimate of drug-likeness (QED) is 0.466. The number of amides is 3. The third-order valence-electron chi connectivity index (χ3n) is 10.2. The van der Waals surface area contributed by atoms with Crippen LogP contribution < -0.4 is 20.1 Å². The van der Waals surface area contributed by atoms with Gasteiger partial charge in [-0.05, 0) is 60.6 Å². The minimum absolute atomic E-state index is 0.00200. The maximum absolute atomic E-state index is 14.4. The summed E-state index contributed by atoms with van der Waals surface area (Å²) in [5.74, 6) is -0.494. The summed E-state index contributed by atoms with van der Waals surface area (Å²) in [5.41, 5.74) is 0.975. The van der Waals surface area contributed by atoms with Crippen molar-refractivity contribution in [2.45, 2.75) is 70.4 Å². The van der Waals surface area contributed by atoms with Crippen LogP contribution in [-0.2, 0) is 25.7 Å². The zero-order valence-corrected chi connectivity index (χ0v) is 25.2. The van der Waals surface area contributed by atoms with Gasteiger partial charge in [-0.3, -0.25) is 14.4 Å². The topological polar surface area (TPSA) is 106 Å². The predicted molar refractivity (Wildman–Crippen MR) is 160 cm³/mol. The maximum atomic E-state index is 14.4. The third-order valence-corrected chi connectivity index (χ3v) is 10.6. The van der Waals surface area contributed by atoms with Crippen LogP contribution in [0.4, 0.5) is 5.69 Å². The lowest BCUT2D eigenvalue weighted by molar-refractivity contribution is -0.142. The van der Waals surface area contributed by atoms with Gasteiger partial charge in [-0.15, -0.1) is 0 Å². The summed E-state index contributed by atoms with van der Waals surface area (Å²) < 4.78 is 17.5. The van der Waals surface area contributed by atoms with Crippen LogP contribution >= 0.6 is 11.6 Å². The first kappa shape index (κ1) is 28.2. The summed E-state index contributed by atoms with van der Waals surface area (Å²) >= 11 is 6.31. The Morgan fingerprint density at radius 3 is 2.70 bits per heavy atom. The van der Waals surface area contributed by atoms with Crippen LogP contribution in [0, 0.1) is 30.6 Å². The molecule has 7 rings (SSSR count). The summed E-state index contributed by atoms with van der Waals surface area (Å²) in [4.78, 5) is 44.0. The van der Waals surface area contributed by atoms with E-state index in [1.54, 1.807) is 17.0 Å². The molecule has 2 aromatic carbocycles. The van der Waals surface area contributed by atoms with E-state index in [1.165, 1.54) is 0 Å². The molecule has 8 atom stereocenters. The van der Waals surface area contributed by atoms with Gasteiger partial charge < -0.3 is 29.7 Å². The standard InChI is InChI=1S/C33H36ClN3O6/c1-17-5-4-6-23(19(17)3)36-31(39)29-33-12-11-25(43-33)27(30(38)35-21-9-7-18(2)22(34)14-21)28(33)32(40)37(29)15-20-8-10-24-26(13-20)42-16-41-24/h7-14,17,19,23,25,27-29H,4-6,15-16H2,1-3H3,(H,35,38)(H,36,39)/t17?,19?,23?,25-,27?,28-,29?,33?/m1/s1. The molecule has 3 fully saturated rings. The van der Waals surface area contributed by atoms with Crippen molar-refractivity contribution < 1.29 is 28.6 Å². The number of fused-ring (bicyclic) bond motifs is 2. The lowest BCUT2D eigenvalue weighted by Gasteiger charge is -2.38. The zero-order chi connectivity index (χ0) is 30.0. The van der Waals surface area contributed by atoms with E-state index in [4.69, 9.17) is 25.8 Å². The predicted octanol–water partition coefficient (Wildman–Crippen LogP) is 4.61. The van der Waals surface area contributed by atoms with Gasteiger partial charge in [-0.25, -0.2) is 0 Å². The van der Waals surface area contributed by atoms with Gasteiger partial charge in [0.15, 0.2) is 11.5 Å². The van der Waals surface area contributed by atoms with Crippen molar-refractivity contribution in [1.29, 1.82) is 0 Å². The fraction of sp³-hybridized carbons (Fsp3) is 0.485. The van der Waals surface area contributed by atoms with E-state index < -0.39 is 29.6 Å². The molecule has 1 spiro atoms. The maximum Gasteiger partial charge on any atom is 0.246 e. The van der Waals surface area contributed by atoms with Gasteiger partial charge in [0.2, 0.25) is 24.5 Å². The number of nitrogens with one attached hydrogen (secondary N) is 2. The molecule has 10 heteroatoms. The number of hydrogen-bond acceptors (Lipinski definition) is 6. The van der Waals surface area contributed by atoms with Gasteiger partial charge in [-0.2, -0.15) is 0 Å². The van der Waals surface area contributed by atoms with Gasteiger partial charge >= 0.3 is 0 Å². The molecule has 43 heavy (non-hydrogen) atoms. The summed E-state index contributed by atoms with van der Waals surface area (Å²) in [6.07, 6.45) is 6.11. The van der Waals surface area contributed by atoms with Crippen molar-refractivity contribution in [2.24, 2.45) is 23.7 Å². The van der Waals surface area contributed by atoms with Gasteiger partial charge in [-0.1, -0.05) is 62.6 Å². The van der Waals surface area contributed by atoms with Crippen LogP contribution in [0.25, 0.3) is 0 Å². The number of halogens is 1. The van der Waals surface area contributed by atoms with Gasteiger partial charge in [0.05, 0.1) is 17.9 Å². The van der Waals surface area contributed by atoms with Gasteiger partial charge in [0.25, 0.3) is 0 Å². The van der Waals surface area contributed by atoms with Crippen LogP contribution in [0.3, 0.4) is 0 Å². The van der Waals surface area contributed by atoms with Crippen LogP contribution in [0.15, 0.2) is 48.6 Å². The van der Waals surface area contributed by atoms with E-state index in [1.807, 2.05) is 43.3 Å². The van der Waals surface area contributed by atoms with E-state index in [9.17, 15) is 14.4 Å². The first-order valence-corrected chi connectivity index (χ1v) is 15.5. The molecule has 2 bridgehead atoms. The fourth-order valence-corrected chi connectivity index (χ4v) is 7.80. The van der Waals surface area contributed by atoms with Crippen molar-refractivity contribution in [2.75, 3.05) is 12.1 Å². The lowest BCUT2D eigenvalue weighted by Crippen LogP contribution is -2.57. The molecular formula is C33H36ClN3O6. The van der Waals surface area contributed by atoms with Crippen molar-refractivity contribution in [3.63, 3.8) is 0 Å². The van der Waals surface area contributed by atoms with E-state index in [0.717, 1.165) is 30.4 Å². The molecule has 6 unspecified atom stereocenters. The zero-order valence-electron chi connectivity index (χ0n) is 24.5. The molecule has 4 aliphatic heterocycles. The number of nitrogens with zero attached hydrogens (tertiary/aromatic N) is 1. The molecule has 3 amide bonds. The molecule has 0 radical (unpaired) electrons. The number of hydrogen-bond donors (Lipinski definition) is 2. The normalized spacial score (nSPS) is 33.5. The van der Waals surface area contributed by atoms with E-state index in [-0.39, 0.29) is 37.1 Å². The first-order chi connectivity index (χ1) is 20.7. The highest BCUT2D eigenvalue weighted by atomic mass is 35.5. The smallest absolute Gasteiger partial charge is 0.246 e. The van der Waals surface area contributed by atoms with Crippen LogP contribution in [0.1, 0.15) is 44.2 Å². The van der Waals surface area contributed by atoms with Crippen molar-refractivity contribution >= 4 is 35.0 Å². The average Bonchev–Trinajstić information content (AvgIpc) is 3.74. The Hall–Kier alpha value is -3.56. The lowest BCUT2D eigenvalue weighted by atomic mass is 9.73. The Labute approximate surface area is 255 Å². The number of ether oxygens (including phenoxy) is 3. The number of carbonyl (C=O) groups excluding carboxylic acids is 3. The molecule has 0 aromatic heterocycles. The SMILES string of the molecule is Cc1ccc(NC(=O)C2[C@H]3C=CC4(O3)C(C(=O)NC3CCCC(C)C3C)N(Cc3ccc5c(c3)OCO5)C(=O)[C@@H]24)cc1Cl. The average molecular weight is 606 g/mol. The Balaban J connectivity index is 1.21. The van der Waals surface area contributed by atoms with Crippen molar-refractivity contribution in [3.05, 3.63) is 64.7 Å². The molecule has 4 heterocycles. The minimum atomic E-state index is -1.25. The number of rotatable bonds is 6. The molecule has 226 valence electrons. The summed E-state index contributed by atoms with van der Waals surface area (Å²) in [6, 6.07) is 9.88. The highest BCUT2D eigenvalue weighted by molar-refractivity contribution is 6.31. The third kappa shape index (κ3) is 4.59. The van der Waals surface area contributed by atoms with Crippen molar-refractivity contribution in [3.8, 4) is 11.5 Å². The van der Waals surface area contributed by atoms with E-state index in [0.29, 0.717) is 34.0 Å². The number of carbonyl (C=O) groups is 3. The van der Waals surface area contributed by atoms with Crippen LogP contribution in [0.5, 0.6) is 11.5 Å². The highest BCUT2D eigenvalue weighted by Crippen LogP contribution is 2.55. The molecular weight excluding hydrogens is 570 g/mol. The highest BCUT2D eigenvalue weighted by Gasteiger charge is 2.72. The molecule has 2 saturated heterocycles. The first-order valence-electron chi connectivity index (χ1n) is 15.1. The van der Waals surface area contributed by atoms with Gasteiger partial charge in [0.1, 0.15) is 11.6 Å². The fourth-order valence-electron chi connectivity index (χ4n) is 7.62. The second-order valence-corrected chi connectivity index (χ2v) is 13.1. The monoisotopic (exact) mass is 605 g/mol. The summed E-state index contributed by atoms with van der Waals surface area (Å²) in [7, 11) is 0. The van der Waals surface area contributed by atoms with Crippen LogP contribution in [0.2, 0.25) is 5.02 Å². The number of likely N-dealkylation sites (tertiary alicyclic amines) is 1. The Bertz CT molecular complexity index is 1530. The number of benzene rings is 2. The molecule has 2 aromatic rings. The largest absolute Gasteiger partial charge is 0.454 e. The van der Waals surface area contributed by atoms with Gasteiger partial charge in [0, 0.05) is 23.3 Å². The van der Waals surface area contributed by atoms with E-state index >= 15 is 0 Å². The summed E-state index contributed by atoms with van der Waals surface area (Å²) in [6.45, 7) is 6.58. The molecule has 2 N–H and O–H groups in total. The molecule has 1 saturated carbocycles. The molecule has 1 aliphatic carbocycles. The second kappa shape index (κ2) is 10.6. The number of aryl methyl sites for hydroxylation is 1.